The Morgan fingerprint density at radius 1 is 1.15 bits per heavy atom. The molecular weight excluding hydrogens is 360 g/mol. The van der Waals surface area contributed by atoms with E-state index in [1.54, 1.807) is 31.4 Å². The molecule has 0 fully saturated rings. The first-order chi connectivity index (χ1) is 13.1. The van der Waals surface area contributed by atoms with Crippen LogP contribution in [0.5, 0.6) is 11.5 Å². The van der Waals surface area contributed by atoms with E-state index in [4.69, 9.17) is 9.47 Å². The van der Waals surface area contributed by atoms with Crippen LogP contribution in [0.15, 0.2) is 41.4 Å². The van der Waals surface area contributed by atoms with Crippen molar-refractivity contribution in [1.82, 2.24) is 4.57 Å². The monoisotopic (exact) mass is 384 g/mol. The molecule has 1 amide bonds. The Morgan fingerprint density at radius 2 is 1.89 bits per heavy atom. The van der Waals surface area contributed by atoms with Gasteiger partial charge in [0, 0.05) is 12.1 Å². The van der Waals surface area contributed by atoms with Crippen molar-refractivity contribution in [1.29, 1.82) is 0 Å². The molecule has 0 saturated carbocycles. The Labute approximate surface area is 162 Å². The SMILES string of the molecule is CCCn1c(=NC(=O)c2ccc(OCC)cc2)sc2c(C)ccc(OC)c21. The maximum Gasteiger partial charge on any atom is 0.279 e. The number of thiazole rings is 1. The zero-order chi connectivity index (χ0) is 19.4. The van der Waals surface area contributed by atoms with Crippen molar-refractivity contribution >= 4 is 27.5 Å². The lowest BCUT2D eigenvalue weighted by Gasteiger charge is -2.08. The zero-order valence-corrected chi connectivity index (χ0v) is 16.9. The fourth-order valence-electron chi connectivity index (χ4n) is 2.97. The molecule has 0 N–H and O–H groups in total. The summed E-state index contributed by atoms with van der Waals surface area (Å²) in [5.41, 5.74) is 2.70. The summed E-state index contributed by atoms with van der Waals surface area (Å²) in [4.78, 5) is 17.8. The van der Waals surface area contributed by atoms with Crippen LogP contribution in [-0.4, -0.2) is 24.2 Å². The highest BCUT2D eigenvalue weighted by atomic mass is 32.1. The Morgan fingerprint density at radius 3 is 2.52 bits per heavy atom. The number of hydrogen-bond donors (Lipinski definition) is 0. The number of ether oxygens (including phenoxy) is 2. The molecule has 142 valence electrons. The Balaban J connectivity index is 2.10. The molecule has 0 radical (unpaired) electrons. The number of amides is 1. The second-order valence-corrected chi connectivity index (χ2v) is 7.15. The molecule has 0 saturated heterocycles. The van der Waals surface area contributed by atoms with Gasteiger partial charge in [-0.1, -0.05) is 24.3 Å². The number of aromatic nitrogens is 1. The van der Waals surface area contributed by atoms with Gasteiger partial charge in [-0.3, -0.25) is 4.79 Å². The highest BCUT2D eigenvalue weighted by Crippen LogP contribution is 2.30. The van der Waals surface area contributed by atoms with Gasteiger partial charge >= 0.3 is 0 Å². The third-order valence-electron chi connectivity index (χ3n) is 4.26. The lowest BCUT2D eigenvalue weighted by molar-refractivity contribution is 0.0997. The van der Waals surface area contributed by atoms with Crippen molar-refractivity contribution in [3.05, 3.63) is 52.3 Å². The lowest BCUT2D eigenvalue weighted by atomic mass is 10.2. The van der Waals surface area contributed by atoms with Crippen LogP contribution in [0, 0.1) is 6.92 Å². The van der Waals surface area contributed by atoms with E-state index in [1.807, 2.05) is 19.1 Å². The summed E-state index contributed by atoms with van der Waals surface area (Å²) in [6, 6.07) is 11.1. The van der Waals surface area contributed by atoms with Gasteiger partial charge in [-0.05, 0) is 56.2 Å². The number of benzene rings is 2. The van der Waals surface area contributed by atoms with Gasteiger partial charge in [0.05, 0.1) is 18.4 Å². The van der Waals surface area contributed by atoms with E-state index in [9.17, 15) is 4.79 Å². The maximum absolute atomic E-state index is 12.7. The molecule has 0 unspecified atom stereocenters. The summed E-state index contributed by atoms with van der Waals surface area (Å²) in [6.07, 6.45) is 0.938. The molecule has 0 aliphatic carbocycles. The molecule has 0 aliphatic rings. The molecule has 1 heterocycles. The van der Waals surface area contributed by atoms with Gasteiger partial charge in [0.2, 0.25) is 0 Å². The second kappa shape index (κ2) is 8.39. The van der Waals surface area contributed by atoms with Crippen LogP contribution >= 0.6 is 11.3 Å². The van der Waals surface area contributed by atoms with E-state index in [0.29, 0.717) is 17.0 Å². The van der Waals surface area contributed by atoms with Crippen molar-refractivity contribution in [3.8, 4) is 11.5 Å². The molecule has 0 atom stereocenters. The van der Waals surface area contributed by atoms with Crippen LogP contribution in [0.1, 0.15) is 36.2 Å². The lowest BCUT2D eigenvalue weighted by Crippen LogP contribution is -2.17. The van der Waals surface area contributed by atoms with E-state index in [-0.39, 0.29) is 5.91 Å². The van der Waals surface area contributed by atoms with Crippen LogP contribution < -0.4 is 14.3 Å². The molecule has 1 aromatic heterocycles. The minimum Gasteiger partial charge on any atom is -0.495 e. The highest BCUT2D eigenvalue weighted by Gasteiger charge is 2.14. The first-order valence-corrected chi connectivity index (χ1v) is 9.89. The number of carbonyl (C=O) groups is 1. The van der Waals surface area contributed by atoms with Crippen molar-refractivity contribution in [3.63, 3.8) is 0 Å². The van der Waals surface area contributed by atoms with Crippen molar-refractivity contribution in [2.75, 3.05) is 13.7 Å². The van der Waals surface area contributed by atoms with Crippen molar-refractivity contribution < 1.29 is 14.3 Å². The summed E-state index contributed by atoms with van der Waals surface area (Å²) < 4.78 is 14.2. The van der Waals surface area contributed by atoms with Gasteiger partial charge in [0.15, 0.2) is 4.80 Å². The van der Waals surface area contributed by atoms with Gasteiger partial charge in [-0.15, -0.1) is 0 Å². The predicted molar refractivity (Wildman–Crippen MR) is 109 cm³/mol. The van der Waals surface area contributed by atoms with Gasteiger partial charge in [0.1, 0.15) is 17.0 Å². The van der Waals surface area contributed by atoms with E-state index in [2.05, 4.69) is 23.4 Å². The molecule has 27 heavy (non-hydrogen) atoms. The van der Waals surface area contributed by atoms with Crippen LogP contribution in [0.25, 0.3) is 10.2 Å². The molecule has 2 aromatic carbocycles. The minimum atomic E-state index is -0.258. The molecule has 3 aromatic rings. The zero-order valence-electron chi connectivity index (χ0n) is 16.1. The summed E-state index contributed by atoms with van der Waals surface area (Å²) >= 11 is 1.53. The molecule has 0 aliphatic heterocycles. The van der Waals surface area contributed by atoms with E-state index < -0.39 is 0 Å². The van der Waals surface area contributed by atoms with Crippen molar-refractivity contribution in [2.45, 2.75) is 33.7 Å². The predicted octanol–water partition coefficient (Wildman–Crippen LogP) is 4.57. The van der Waals surface area contributed by atoms with Crippen LogP contribution in [0.3, 0.4) is 0 Å². The largest absolute Gasteiger partial charge is 0.495 e. The smallest absolute Gasteiger partial charge is 0.279 e. The van der Waals surface area contributed by atoms with Crippen LogP contribution in [0.4, 0.5) is 0 Å². The Kier molecular flexibility index (Phi) is 5.96. The number of hydrogen-bond acceptors (Lipinski definition) is 4. The quantitative estimate of drug-likeness (QED) is 0.625. The molecule has 5 nitrogen and oxygen atoms in total. The standard InChI is InChI=1S/C21H24N2O3S/c1-5-13-23-18-17(25-4)12-7-14(3)19(18)27-21(23)22-20(24)15-8-10-16(11-9-15)26-6-2/h7-12H,5-6,13H2,1-4H3. The first kappa shape index (κ1) is 19.2. The molecule has 3 rings (SSSR count). The topological polar surface area (TPSA) is 52.8 Å². The fraction of sp³-hybridized carbons (Fsp3) is 0.333. The second-order valence-electron chi connectivity index (χ2n) is 6.17. The number of carbonyl (C=O) groups excluding carboxylic acids is 1. The van der Waals surface area contributed by atoms with Crippen LogP contribution in [-0.2, 0) is 6.54 Å². The van der Waals surface area contributed by atoms with Gasteiger partial charge < -0.3 is 14.0 Å². The van der Waals surface area contributed by atoms with Gasteiger partial charge in [-0.25, -0.2) is 0 Å². The van der Waals surface area contributed by atoms with Crippen molar-refractivity contribution in [2.24, 2.45) is 4.99 Å². The normalized spacial score (nSPS) is 11.8. The Bertz CT molecular complexity index is 1020. The third kappa shape index (κ3) is 3.90. The number of fused-ring (bicyclic) bond motifs is 1. The van der Waals surface area contributed by atoms with Gasteiger partial charge in [-0.2, -0.15) is 4.99 Å². The molecule has 0 spiro atoms. The number of nitrogens with zero attached hydrogens (tertiary/aromatic N) is 2. The van der Waals surface area contributed by atoms with E-state index in [0.717, 1.165) is 40.2 Å². The average molecular weight is 385 g/mol. The third-order valence-corrected chi connectivity index (χ3v) is 5.48. The summed E-state index contributed by atoms with van der Waals surface area (Å²) in [5.74, 6) is 1.29. The first-order valence-electron chi connectivity index (χ1n) is 9.07. The maximum atomic E-state index is 12.7. The molecule has 6 heteroatoms. The fourth-order valence-corrected chi connectivity index (χ4v) is 4.11. The number of aryl methyl sites for hydroxylation is 2. The highest BCUT2D eigenvalue weighted by molar-refractivity contribution is 7.16. The minimum absolute atomic E-state index is 0.258. The summed E-state index contributed by atoms with van der Waals surface area (Å²) in [5, 5.41) is 0. The number of methoxy groups -OCH3 is 1. The molecule has 0 bridgehead atoms. The van der Waals surface area contributed by atoms with E-state index in [1.165, 1.54) is 11.3 Å². The Hall–Kier alpha value is -2.60. The summed E-state index contributed by atoms with van der Waals surface area (Å²) in [6.45, 7) is 7.47. The number of rotatable bonds is 6. The van der Waals surface area contributed by atoms with Gasteiger partial charge in [0.25, 0.3) is 5.91 Å². The summed E-state index contributed by atoms with van der Waals surface area (Å²) in [7, 11) is 1.67. The van der Waals surface area contributed by atoms with Crippen LogP contribution in [0.2, 0.25) is 0 Å². The average Bonchev–Trinajstić information content (AvgIpc) is 3.02. The molecular formula is C21H24N2O3S. The van der Waals surface area contributed by atoms with E-state index >= 15 is 0 Å².